The number of nitrogens with zero attached hydrogens (tertiary/aromatic N) is 2. The van der Waals surface area contributed by atoms with Crippen molar-refractivity contribution in [3.63, 3.8) is 0 Å². The van der Waals surface area contributed by atoms with Gasteiger partial charge in [-0.15, -0.1) is 0 Å². The third-order valence-electron chi connectivity index (χ3n) is 6.66. The summed E-state index contributed by atoms with van der Waals surface area (Å²) in [7, 11) is 0. The van der Waals surface area contributed by atoms with Gasteiger partial charge in [-0.1, -0.05) is 24.3 Å². The highest BCUT2D eigenvalue weighted by atomic mass is 19.1. The van der Waals surface area contributed by atoms with E-state index in [0.29, 0.717) is 43.7 Å². The van der Waals surface area contributed by atoms with Crippen molar-refractivity contribution >= 4 is 11.8 Å². The van der Waals surface area contributed by atoms with Gasteiger partial charge >= 0.3 is 6.03 Å². The summed E-state index contributed by atoms with van der Waals surface area (Å²) in [5.41, 5.74) is 2.16. The van der Waals surface area contributed by atoms with Crippen LogP contribution in [0.25, 0.3) is 11.1 Å². The lowest BCUT2D eigenvalue weighted by molar-refractivity contribution is -0.140. The molecule has 0 spiro atoms. The fourth-order valence-corrected chi connectivity index (χ4v) is 4.86. The molecular weight excluding hydrogens is 402 g/mol. The van der Waals surface area contributed by atoms with Gasteiger partial charge < -0.3 is 14.5 Å². The van der Waals surface area contributed by atoms with Crippen LogP contribution in [0.15, 0.2) is 42.5 Å². The second-order valence-electron chi connectivity index (χ2n) is 8.72. The average molecular weight is 426 g/mol. The van der Waals surface area contributed by atoms with Crippen LogP contribution in [0.4, 0.5) is 13.6 Å². The molecule has 0 aliphatic carbocycles. The van der Waals surface area contributed by atoms with Crippen LogP contribution in [0, 0.1) is 17.6 Å². The smallest absolute Gasteiger partial charge is 0.320 e. The van der Waals surface area contributed by atoms with Crippen LogP contribution in [-0.2, 0) is 9.53 Å². The van der Waals surface area contributed by atoms with E-state index in [0.717, 1.165) is 18.1 Å². The van der Waals surface area contributed by atoms with Gasteiger partial charge in [0.1, 0.15) is 18.2 Å². The molecule has 2 aromatic carbocycles. The van der Waals surface area contributed by atoms with Crippen molar-refractivity contribution in [2.75, 3.05) is 32.8 Å². The molecule has 5 nitrogen and oxygen atoms in total. The Balaban J connectivity index is 1.18. The Morgan fingerprint density at radius 1 is 1.00 bits per heavy atom. The van der Waals surface area contributed by atoms with Crippen molar-refractivity contribution in [3.05, 3.63) is 59.7 Å². The maximum atomic E-state index is 14.0. The summed E-state index contributed by atoms with van der Waals surface area (Å²) >= 11 is 0. The minimum Gasteiger partial charge on any atom is -0.370 e. The molecule has 3 saturated heterocycles. The van der Waals surface area contributed by atoms with Crippen molar-refractivity contribution in [1.82, 2.24) is 9.80 Å². The Bertz CT molecular complexity index is 1000. The van der Waals surface area contributed by atoms with E-state index in [4.69, 9.17) is 4.74 Å². The molecule has 2 aromatic rings. The minimum absolute atomic E-state index is 0.0257. The number of piperidine rings is 1. The van der Waals surface area contributed by atoms with Crippen LogP contribution in [0.3, 0.4) is 0 Å². The van der Waals surface area contributed by atoms with Crippen LogP contribution in [-0.4, -0.2) is 60.5 Å². The fourth-order valence-electron chi connectivity index (χ4n) is 4.86. The molecule has 0 N–H and O–H groups in total. The van der Waals surface area contributed by atoms with Crippen molar-refractivity contribution in [3.8, 4) is 11.1 Å². The number of benzene rings is 2. The van der Waals surface area contributed by atoms with Gasteiger partial charge in [0.2, 0.25) is 0 Å². The highest BCUT2D eigenvalue weighted by Gasteiger charge is 2.40. The van der Waals surface area contributed by atoms with Gasteiger partial charge in [-0.25, -0.2) is 13.6 Å². The monoisotopic (exact) mass is 426 g/mol. The number of Topliss-reactive ketones (excluding diaryl/α,β-unsaturated/α-hetero) is 1. The van der Waals surface area contributed by atoms with Crippen LogP contribution < -0.4 is 0 Å². The molecule has 31 heavy (non-hydrogen) atoms. The first-order chi connectivity index (χ1) is 15.0. The molecule has 0 radical (unpaired) electrons. The number of fused-ring (bicyclic) bond motifs is 1. The summed E-state index contributed by atoms with van der Waals surface area (Å²) < 4.78 is 32.7. The van der Waals surface area contributed by atoms with E-state index in [1.807, 2.05) is 34.1 Å². The topological polar surface area (TPSA) is 49.9 Å². The van der Waals surface area contributed by atoms with Gasteiger partial charge in [0, 0.05) is 56.1 Å². The second-order valence-corrected chi connectivity index (χ2v) is 8.72. The Hall–Kier alpha value is -2.80. The van der Waals surface area contributed by atoms with Gasteiger partial charge in [0.05, 0.1) is 6.10 Å². The van der Waals surface area contributed by atoms with Gasteiger partial charge in [0.15, 0.2) is 5.78 Å². The number of ketones is 1. The molecule has 7 heteroatoms. The molecule has 3 fully saturated rings. The molecule has 0 aromatic heterocycles. The van der Waals surface area contributed by atoms with Gasteiger partial charge in [-0.3, -0.25) is 4.79 Å². The van der Waals surface area contributed by atoms with E-state index in [1.165, 1.54) is 12.1 Å². The predicted molar refractivity (Wildman–Crippen MR) is 111 cm³/mol. The third kappa shape index (κ3) is 3.94. The number of amides is 2. The van der Waals surface area contributed by atoms with E-state index in [-0.39, 0.29) is 36.4 Å². The van der Waals surface area contributed by atoms with Crippen LogP contribution >= 0.6 is 0 Å². The Morgan fingerprint density at radius 3 is 2.52 bits per heavy atom. The number of halogens is 2. The normalized spacial score (nSPS) is 24.0. The lowest BCUT2D eigenvalue weighted by Crippen LogP contribution is -2.58. The molecule has 0 unspecified atom stereocenters. The summed E-state index contributed by atoms with van der Waals surface area (Å²) in [6.45, 7) is 2.73. The fraction of sp³-hybridized carbons (Fsp3) is 0.417. The van der Waals surface area contributed by atoms with Gasteiger partial charge in [-0.2, -0.15) is 0 Å². The Kier molecular flexibility index (Phi) is 5.22. The SMILES string of the molecule is O=C1CO[C@H]2CCN(C(=O)N3CC(c4ccc(-c5ccc(F)cc5F)cc4)C3)C[C@H]2C1. The predicted octanol–water partition coefficient (Wildman–Crippen LogP) is 3.83. The zero-order chi connectivity index (χ0) is 21.5. The molecule has 0 saturated carbocycles. The third-order valence-corrected chi connectivity index (χ3v) is 6.66. The minimum atomic E-state index is -0.594. The number of urea groups is 1. The molecule has 162 valence electrons. The first-order valence-electron chi connectivity index (χ1n) is 10.7. The molecule has 0 bridgehead atoms. The summed E-state index contributed by atoms with van der Waals surface area (Å²) in [6, 6.07) is 11.2. The van der Waals surface area contributed by atoms with E-state index in [1.54, 1.807) is 0 Å². The van der Waals surface area contributed by atoms with Gasteiger partial charge in [-0.05, 0) is 29.7 Å². The summed E-state index contributed by atoms with van der Waals surface area (Å²) in [4.78, 5) is 28.2. The first-order valence-corrected chi connectivity index (χ1v) is 10.7. The maximum Gasteiger partial charge on any atom is 0.320 e. The van der Waals surface area contributed by atoms with Crippen LogP contribution in [0.5, 0.6) is 0 Å². The number of hydrogen-bond donors (Lipinski definition) is 0. The van der Waals surface area contributed by atoms with Crippen molar-refractivity contribution in [1.29, 1.82) is 0 Å². The molecular formula is C24H24F2N2O3. The molecule has 2 amide bonds. The molecule has 2 atom stereocenters. The molecule has 3 aliphatic heterocycles. The largest absolute Gasteiger partial charge is 0.370 e. The van der Waals surface area contributed by atoms with E-state index in [9.17, 15) is 18.4 Å². The summed E-state index contributed by atoms with van der Waals surface area (Å²) in [6.07, 6.45) is 1.37. The zero-order valence-electron chi connectivity index (χ0n) is 17.1. The van der Waals surface area contributed by atoms with Crippen molar-refractivity contribution in [2.45, 2.75) is 24.9 Å². The van der Waals surface area contributed by atoms with Crippen LogP contribution in [0.1, 0.15) is 24.3 Å². The summed E-state index contributed by atoms with van der Waals surface area (Å²) in [5.74, 6) is -0.710. The highest BCUT2D eigenvalue weighted by molar-refractivity contribution is 5.81. The van der Waals surface area contributed by atoms with Crippen molar-refractivity contribution < 1.29 is 23.1 Å². The highest BCUT2D eigenvalue weighted by Crippen LogP contribution is 2.33. The van der Waals surface area contributed by atoms with E-state index >= 15 is 0 Å². The van der Waals surface area contributed by atoms with Crippen molar-refractivity contribution in [2.24, 2.45) is 5.92 Å². The van der Waals surface area contributed by atoms with E-state index in [2.05, 4.69) is 0 Å². The molecule has 5 rings (SSSR count). The number of rotatable bonds is 2. The zero-order valence-corrected chi connectivity index (χ0v) is 17.1. The van der Waals surface area contributed by atoms with Gasteiger partial charge in [0.25, 0.3) is 0 Å². The number of hydrogen-bond acceptors (Lipinski definition) is 3. The standard InChI is InChI=1S/C24H24F2N2O3/c25-19-5-6-21(22(26)10-19)16-3-1-15(2-4-16)18-12-28(13-18)24(30)27-8-7-23-17(11-27)9-20(29)14-31-23/h1-6,10,17-18,23H,7-9,11-14H2/t17-,23+/m1/s1. The second kappa shape index (κ2) is 8.04. The number of ether oxygens (including phenoxy) is 1. The number of carbonyl (C=O) groups excluding carboxylic acids is 2. The maximum absolute atomic E-state index is 14.0. The Morgan fingerprint density at radius 2 is 1.77 bits per heavy atom. The molecule has 3 heterocycles. The first kappa shape index (κ1) is 20.1. The lowest BCUT2D eigenvalue weighted by Gasteiger charge is -2.46. The lowest BCUT2D eigenvalue weighted by atomic mass is 9.87. The summed E-state index contributed by atoms with van der Waals surface area (Å²) in [5, 5.41) is 0. The average Bonchev–Trinajstić information content (AvgIpc) is 2.73. The van der Waals surface area contributed by atoms with Crippen LogP contribution in [0.2, 0.25) is 0 Å². The van der Waals surface area contributed by atoms with E-state index < -0.39 is 11.6 Å². The molecule has 3 aliphatic rings. The Labute approximate surface area is 179 Å². The number of likely N-dealkylation sites (tertiary alicyclic amines) is 2. The quantitative estimate of drug-likeness (QED) is 0.734. The number of carbonyl (C=O) groups is 2.